The van der Waals surface area contributed by atoms with Gasteiger partial charge >= 0.3 is 0 Å². The fraction of sp³-hybridized carbons (Fsp3) is 0.458. The Hall–Kier alpha value is -3.77. The van der Waals surface area contributed by atoms with Gasteiger partial charge in [0.05, 0.1) is 35.1 Å². The van der Waals surface area contributed by atoms with E-state index in [1.807, 2.05) is 31.2 Å². The molecule has 0 aliphatic carbocycles. The van der Waals surface area contributed by atoms with E-state index in [9.17, 15) is 15.0 Å². The number of anilines is 2. The average molecular weight is 494 g/mol. The highest BCUT2D eigenvalue weighted by atomic mass is 16.3. The molecule has 0 bridgehead atoms. The number of aryl methyl sites for hydroxylation is 2. The van der Waals surface area contributed by atoms with E-state index < -0.39 is 17.7 Å². The number of fused-ring (bicyclic) bond motifs is 2. The second kappa shape index (κ2) is 9.03. The predicted octanol–water partition coefficient (Wildman–Crippen LogP) is 1.01. The molecular formula is C24H31N9O3. The molecule has 3 atom stereocenters. The summed E-state index contributed by atoms with van der Waals surface area (Å²) in [7, 11) is 0. The van der Waals surface area contributed by atoms with Gasteiger partial charge in [-0.05, 0) is 32.4 Å². The molecule has 12 nitrogen and oxygen atoms in total. The van der Waals surface area contributed by atoms with E-state index in [4.69, 9.17) is 11.5 Å². The van der Waals surface area contributed by atoms with Gasteiger partial charge in [0.1, 0.15) is 11.3 Å². The van der Waals surface area contributed by atoms with E-state index in [2.05, 4.69) is 24.5 Å². The summed E-state index contributed by atoms with van der Waals surface area (Å²) in [4.78, 5) is 32.0. The lowest BCUT2D eigenvalue weighted by Gasteiger charge is -2.34. The van der Waals surface area contributed by atoms with Crippen molar-refractivity contribution >= 4 is 39.9 Å². The molecule has 0 unspecified atom stereocenters. The molecule has 1 amide bonds. The van der Waals surface area contributed by atoms with Gasteiger partial charge in [-0.3, -0.25) is 4.79 Å². The van der Waals surface area contributed by atoms with Gasteiger partial charge in [0.25, 0.3) is 0 Å². The number of carbonyl (C=O) groups excluding carboxylic acids is 1. The maximum absolute atomic E-state index is 13.3. The molecular weight excluding hydrogens is 462 g/mol. The Balaban J connectivity index is 1.36. The first-order valence-corrected chi connectivity index (χ1v) is 12.0. The molecule has 0 spiro atoms. The first-order chi connectivity index (χ1) is 17.1. The van der Waals surface area contributed by atoms with Crippen molar-refractivity contribution in [2.24, 2.45) is 0 Å². The summed E-state index contributed by atoms with van der Waals surface area (Å²) in [6.07, 6.45) is 1.62. The number of likely N-dealkylation sites (tertiary alicyclic amines) is 1. The van der Waals surface area contributed by atoms with Crippen LogP contribution in [0.15, 0.2) is 30.6 Å². The number of aromatic nitrogens is 6. The summed E-state index contributed by atoms with van der Waals surface area (Å²) in [5, 5.41) is 22.0. The first-order valence-electron chi connectivity index (χ1n) is 12.0. The van der Waals surface area contributed by atoms with Crippen molar-refractivity contribution in [3.05, 3.63) is 36.4 Å². The van der Waals surface area contributed by atoms with E-state index in [0.29, 0.717) is 30.6 Å². The lowest BCUT2D eigenvalue weighted by Crippen LogP contribution is -2.42. The molecule has 1 fully saturated rings. The van der Waals surface area contributed by atoms with Gasteiger partial charge in [0.2, 0.25) is 11.9 Å². The summed E-state index contributed by atoms with van der Waals surface area (Å²) in [5.41, 5.74) is 13.1. The van der Waals surface area contributed by atoms with Crippen molar-refractivity contribution in [1.82, 2.24) is 34.0 Å². The molecule has 4 heterocycles. The number of aliphatic hydroxyl groups excluding tert-OH is 1. The summed E-state index contributed by atoms with van der Waals surface area (Å²) >= 11 is 0. The Kier molecular flexibility index (Phi) is 6.00. The molecule has 1 aromatic carbocycles. The Bertz CT molecular complexity index is 1430. The molecule has 0 saturated carbocycles. The fourth-order valence-electron chi connectivity index (χ4n) is 5.21. The van der Waals surface area contributed by atoms with E-state index in [0.717, 1.165) is 16.9 Å². The van der Waals surface area contributed by atoms with Crippen molar-refractivity contribution in [2.45, 2.75) is 57.4 Å². The number of para-hydroxylation sites is 2. The molecule has 5 rings (SSSR count). The number of rotatable bonds is 5. The topological polar surface area (TPSA) is 174 Å². The SMILES string of the molecule is Cc1nc2ccccc2n1CCCC(=O)N1C[C@@H](O)C[C@@](C)(O)[C@H](n2cnc3c(N)nc(N)nc32)C1. The van der Waals surface area contributed by atoms with E-state index in [1.165, 1.54) is 6.33 Å². The van der Waals surface area contributed by atoms with Crippen LogP contribution in [0.25, 0.3) is 22.2 Å². The molecule has 36 heavy (non-hydrogen) atoms. The molecule has 1 aliphatic heterocycles. The van der Waals surface area contributed by atoms with E-state index in [-0.39, 0.29) is 37.2 Å². The largest absolute Gasteiger partial charge is 0.391 e. The van der Waals surface area contributed by atoms with Crippen LogP contribution in [0.1, 0.15) is 38.1 Å². The monoisotopic (exact) mass is 493 g/mol. The predicted molar refractivity (Wildman–Crippen MR) is 135 cm³/mol. The van der Waals surface area contributed by atoms with Gasteiger partial charge in [0, 0.05) is 32.5 Å². The highest BCUT2D eigenvalue weighted by molar-refractivity contribution is 5.83. The van der Waals surface area contributed by atoms with Gasteiger partial charge < -0.3 is 35.7 Å². The molecule has 12 heteroatoms. The second-order valence-electron chi connectivity index (χ2n) is 9.72. The summed E-state index contributed by atoms with van der Waals surface area (Å²) in [6.45, 7) is 4.55. The molecule has 3 aromatic heterocycles. The average Bonchev–Trinajstić information content (AvgIpc) is 3.33. The number of nitrogens with zero attached hydrogens (tertiary/aromatic N) is 7. The Morgan fingerprint density at radius 3 is 2.78 bits per heavy atom. The lowest BCUT2D eigenvalue weighted by atomic mass is 9.91. The normalized spacial score (nSPS) is 22.8. The highest BCUT2D eigenvalue weighted by Gasteiger charge is 2.42. The Morgan fingerprint density at radius 1 is 1.19 bits per heavy atom. The molecule has 6 N–H and O–H groups in total. The lowest BCUT2D eigenvalue weighted by molar-refractivity contribution is -0.133. The number of benzene rings is 1. The number of β-amino-alcohol motifs (C(OH)–C–C–N with tert-alkyl or cyclic N) is 1. The van der Waals surface area contributed by atoms with Gasteiger partial charge in [-0.2, -0.15) is 9.97 Å². The fourth-order valence-corrected chi connectivity index (χ4v) is 5.21. The number of carbonyl (C=O) groups is 1. The number of imidazole rings is 2. The number of amides is 1. The zero-order valence-corrected chi connectivity index (χ0v) is 20.4. The first kappa shape index (κ1) is 23.9. The van der Waals surface area contributed by atoms with Crippen molar-refractivity contribution in [3.63, 3.8) is 0 Å². The minimum atomic E-state index is -1.34. The van der Waals surface area contributed by atoms with Gasteiger partial charge in [-0.15, -0.1) is 0 Å². The second-order valence-corrected chi connectivity index (χ2v) is 9.72. The quantitative estimate of drug-likeness (QED) is 0.316. The number of hydrogen-bond acceptors (Lipinski definition) is 9. The third-order valence-corrected chi connectivity index (χ3v) is 6.96. The van der Waals surface area contributed by atoms with Gasteiger partial charge in [-0.25, -0.2) is 9.97 Å². The number of nitrogen functional groups attached to an aromatic ring is 2. The van der Waals surface area contributed by atoms with Crippen LogP contribution in [0, 0.1) is 6.92 Å². The van der Waals surface area contributed by atoms with Crippen molar-refractivity contribution in [3.8, 4) is 0 Å². The molecule has 0 radical (unpaired) electrons. The Morgan fingerprint density at radius 2 is 1.97 bits per heavy atom. The van der Waals surface area contributed by atoms with Crippen LogP contribution in [0.4, 0.5) is 11.8 Å². The third kappa shape index (κ3) is 4.33. The zero-order chi connectivity index (χ0) is 25.6. The number of nitrogens with two attached hydrogens (primary N) is 2. The van der Waals surface area contributed by atoms with Crippen LogP contribution in [-0.2, 0) is 11.3 Å². The highest BCUT2D eigenvalue weighted by Crippen LogP contribution is 2.34. The smallest absolute Gasteiger partial charge is 0.224 e. The van der Waals surface area contributed by atoms with Crippen LogP contribution in [-0.4, -0.2) is 74.9 Å². The summed E-state index contributed by atoms with van der Waals surface area (Å²) < 4.78 is 3.78. The summed E-state index contributed by atoms with van der Waals surface area (Å²) in [6, 6.07) is 7.30. The number of aliphatic hydroxyl groups is 2. The minimum Gasteiger partial charge on any atom is -0.391 e. The van der Waals surface area contributed by atoms with Crippen molar-refractivity contribution < 1.29 is 15.0 Å². The third-order valence-electron chi connectivity index (χ3n) is 6.96. The molecule has 4 aromatic rings. The van der Waals surface area contributed by atoms with Crippen LogP contribution in [0.3, 0.4) is 0 Å². The molecule has 190 valence electrons. The van der Waals surface area contributed by atoms with E-state index >= 15 is 0 Å². The number of hydrogen-bond donors (Lipinski definition) is 4. The van der Waals surface area contributed by atoms with Crippen molar-refractivity contribution in [2.75, 3.05) is 24.6 Å². The Labute approximate surface area is 207 Å². The zero-order valence-electron chi connectivity index (χ0n) is 20.4. The summed E-state index contributed by atoms with van der Waals surface area (Å²) in [5.74, 6) is 0.930. The van der Waals surface area contributed by atoms with Crippen LogP contribution in [0.2, 0.25) is 0 Å². The van der Waals surface area contributed by atoms with E-state index in [1.54, 1.807) is 16.4 Å². The minimum absolute atomic E-state index is 0.00898. The van der Waals surface area contributed by atoms with Crippen molar-refractivity contribution in [1.29, 1.82) is 0 Å². The van der Waals surface area contributed by atoms with Crippen LogP contribution < -0.4 is 11.5 Å². The van der Waals surface area contributed by atoms with Gasteiger partial charge in [0.15, 0.2) is 11.5 Å². The molecule has 1 saturated heterocycles. The maximum atomic E-state index is 13.3. The molecule has 1 aliphatic rings. The van der Waals surface area contributed by atoms with Crippen LogP contribution in [0.5, 0.6) is 0 Å². The standard InChI is InChI=1S/C24H31N9O3/c1-14-28-16-6-3-4-7-17(16)32(14)9-5-8-19(35)31-11-15(34)10-24(2,36)18(12-31)33-13-27-20-21(25)29-23(26)30-22(20)33/h3-4,6-7,13,15,18,34,36H,5,8-12H2,1-2H3,(H4,25,26,29,30)/t15-,18+,24+/m0/s1. The van der Waals surface area contributed by atoms with Gasteiger partial charge in [-0.1, -0.05) is 12.1 Å². The maximum Gasteiger partial charge on any atom is 0.224 e. The van der Waals surface area contributed by atoms with Crippen LogP contribution >= 0.6 is 0 Å².